The van der Waals surface area contributed by atoms with E-state index in [4.69, 9.17) is 0 Å². The van der Waals surface area contributed by atoms with E-state index in [9.17, 15) is 14.7 Å². The fraction of sp³-hybridized carbons (Fsp3) is 0.250. The molecule has 0 atom stereocenters. The van der Waals surface area contributed by atoms with Crippen molar-refractivity contribution in [2.45, 2.75) is 19.9 Å². The molecule has 5 nitrogen and oxygen atoms in total. The first-order chi connectivity index (χ1) is 10.0. The van der Waals surface area contributed by atoms with Crippen molar-refractivity contribution >= 4 is 5.97 Å². The lowest BCUT2D eigenvalue weighted by Gasteiger charge is -2.10. The maximum absolute atomic E-state index is 12.3. The van der Waals surface area contributed by atoms with E-state index in [1.165, 1.54) is 23.9 Å². The second-order valence-electron chi connectivity index (χ2n) is 4.85. The van der Waals surface area contributed by atoms with E-state index in [2.05, 4.69) is 4.74 Å². The van der Waals surface area contributed by atoms with Gasteiger partial charge in [-0.15, -0.1) is 0 Å². The molecule has 1 heterocycles. The van der Waals surface area contributed by atoms with Gasteiger partial charge in [0.2, 0.25) is 0 Å². The number of aryl methyl sites for hydroxylation is 1. The van der Waals surface area contributed by atoms with Crippen LogP contribution in [0.3, 0.4) is 0 Å². The van der Waals surface area contributed by atoms with Crippen LogP contribution in [0.5, 0.6) is 5.75 Å². The van der Waals surface area contributed by atoms with E-state index in [1.54, 1.807) is 0 Å². The predicted molar refractivity (Wildman–Crippen MR) is 78.4 cm³/mol. The van der Waals surface area contributed by atoms with Gasteiger partial charge in [0.25, 0.3) is 5.56 Å². The topological polar surface area (TPSA) is 68.5 Å². The monoisotopic (exact) mass is 287 g/mol. The number of aromatic hydroxyl groups is 1. The summed E-state index contributed by atoms with van der Waals surface area (Å²) in [5, 5.41) is 9.74. The number of rotatable bonds is 4. The molecular formula is C16H17NO4. The summed E-state index contributed by atoms with van der Waals surface area (Å²) in [6.07, 6.45) is 1.27. The van der Waals surface area contributed by atoms with Crippen molar-refractivity contribution in [3.8, 4) is 5.75 Å². The molecule has 21 heavy (non-hydrogen) atoms. The molecule has 1 aromatic carbocycles. The maximum Gasteiger partial charge on any atom is 0.310 e. The zero-order valence-electron chi connectivity index (χ0n) is 12.0. The van der Waals surface area contributed by atoms with E-state index in [-0.39, 0.29) is 23.3 Å². The number of nitrogens with zero attached hydrogens (tertiary/aromatic N) is 1. The molecule has 1 N–H and O–H groups in total. The molecule has 0 bridgehead atoms. The molecule has 2 rings (SSSR count). The van der Waals surface area contributed by atoms with Crippen LogP contribution >= 0.6 is 0 Å². The van der Waals surface area contributed by atoms with Crippen molar-refractivity contribution in [2.24, 2.45) is 0 Å². The number of esters is 1. The molecule has 110 valence electrons. The highest BCUT2D eigenvalue weighted by Crippen LogP contribution is 2.13. The molecule has 0 saturated carbocycles. The normalized spacial score (nSPS) is 10.4. The zero-order chi connectivity index (χ0) is 15.4. The van der Waals surface area contributed by atoms with Gasteiger partial charge in [0, 0.05) is 6.20 Å². The summed E-state index contributed by atoms with van der Waals surface area (Å²) in [6.45, 7) is 2.37. The first-order valence-electron chi connectivity index (χ1n) is 6.55. The second-order valence-corrected chi connectivity index (χ2v) is 4.85. The number of hydrogen-bond acceptors (Lipinski definition) is 4. The largest absolute Gasteiger partial charge is 0.507 e. The van der Waals surface area contributed by atoms with Crippen LogP contribution < -0.4 is 5.56 Å². The highest BCUT2D eigenvalue weighted by atomic mass is 16.5. The average molecular weight is 287 g/mol. The first kappa shape index (κ1) is 14.8. The minimum absolute atomic E-state index is 0.0523. The lowest BCUT2D eigenvalue weighted by atomic mass is 10.1. The Kier molecular flexibility index (Phi) is 4.42. The molecule has 0 saturated heterocycles. The van der Waals surface area contributed by atoms with Gasteiger partial charge < -0.3 is 14.4 Å². The Hall–Kier alpha value is -2.56. The van der Waals surface area contributed by atoms with Crippen molar-refractivity contribution in [1.82, 2.24) is 4.57 Å². The molecule has 5 heteroatoms. The van der Waals surface area contributed by atoms with Gasteiger partial charge in [0.1, 0.15) is 5.75 Å². The second kappa shape index (κ2) is 6.26. The average Bonchev–Trinajstić information content (AvgIpc) is 2.48. The molecule has 0 aliphatic carbocycles. The quantitative estimate of drug-likeness (QED) is 0.868. The molecular weight excluding hydrogens is 270 g/mol. The number of benzene rings is 1. The van der Waals surface area contributed by atoms with Crippen LogP contribution in [0.25, 0.3) is 0 Å². The highest BCUT2D eigenvalue weighted by molar-refractivity contribution is 5.73. The smallest absolute Gasteiger partial charge is 0.310 e. The third-order valence-corrected chi connectivity index (χ3v) is 3.26. The van der Waals surface area contributed by atoms with Gasteiger partial charge in [-0.3, -0.25) is 9.59 Å². The Morgan fingerprint density at radius 1 is 1.24 bits per heavy atom. The van der Waals surface area contributed by atoms with Crippen molar-refractivity contribution in [3.63, 3.8) is 0 Å². The Bertz CT molecular complexity index is 701. The number of methoxy groups -OCH3 is 1. The van der Waals surface area contributed by atoms with Crippen molar-refractivity contribution in [1.29, 1.82) is 0 Å². The Labute approximate surface area is 122 Å². The Morgan fingerprint density at radius 3 is 2.52 bits per heavy atom. The first-order valence-corrected chi connectivity index (χ1v) is 6.55. The van der Waals surface area contributed by atoms with E-state index < -0.39 is 5.97 Å². The number of aromatic nitrogens is 1. The summed E-state index contributed by atoms with van der Waals surface area (Å²) in [5.74, 6) is -0.749. The van der Waals surface area contributed by atoms with E-state index in [1.807, 2.05) is 31.2 Å². The Balaban J connectivity index is 2.32. The molecule has 2 aromatic rings. The van der Waals surface area contributed by atoms with Crippen LogP contribution in [0.1, 0.15) is 16.7 Å². The molecule has 0 radical (unpaired) electrons. The van der Waals surface area contributed by atoms with Crippen molar-refractivity contribution in [3.05, 3.63) is 63.6 Å². The molecule has 0 aliphatic rings. The van der Waals surface area contributed by atoms with Crippen LogP contribution in [0.2, 0.25) is 0 Å². The standard InChI is InChI=1S/C16H17NO4/c1-11-3-5-12(6-4-11)10-17-8-7-14(18)13(16(17)20)9-15(19)21-2/h3-8,18H,9-10H2,1-2H3. The summed E-state index contributed by atoms with van der Waals surface area (Å²) < 4.78 is 6.00. The third-order valence-electron chi connectivity index (χ3n) is 3.26. The van der Waals surface area contributed by atoms with Gasteiger partial charge in [0.15, 0.2) is 0 Å². The number of ether oxygens (including phenoxy) is 1. The molecule has 0 amide bonds. The van der Waals surface area contributed by atoms with Crippen LogP contribution in [-0.4, -0.2) is 22.8 Å². The Morgan fingerprint density at radius 2 is 1.90 bits per heavy atom. The summed E-state index contributed by atoms with van der Waals surface area (Å²) in [5.41, 5.74) is 1.78. The van der Waals surface area contributed by atoms with E-state index in [0.717, 1.165) is 11.1 Å². The number of hydrogen-bond donors (Lipinski definition) is 1. The summed E-state index contributed by atoms with van der Waals surface area (Å²) in [7, 11) is 1.24. The molecule has 0 aliphatic heterocycles. The summed E-state index contributed by atoms with van der Waals surface area (Å²) in [4.78, 5) is 23.6. The van der Waals surface area contributed by atoms with E-state index >= 15 is 0 Å². The van der Waals surface area contributed by atoms with Gasteiger partial charge in [-0.1, -0.05) is 29.8 Å². The van der Waals surface area contributed by atoms with Crippen LogP contribution in [-0.2, 0) is 22.5 Å². The summed E-state index contributed by atoms with van der Waals surface area (Å²) in [6, 6.07) is 9.23. The van der Waals surface area contributed by atoms with Gasteiger partial charge in [-0.25, -0.2) is 0 Å². The molecule has 0 unspecified atom stereocenters. The predicted octanol–water partition coefficient (Wildman–Crippen LogP) is 1.63. The molecule has 0 fully saturated rings. The number of pyridine rings is 1. The molecule has 1 aromatic heterocycles. The SMILES string of the molecule is COC(=O)Cc1c(O)ccn(Cc2ccc(C)cc2)c1=O. The zero-order valence-corrected chi connectivity index (χ0v) is 12.0. The fourth-order valence-electron chi connectivity index (χ4n) is 2.01. The fourth-order valence-corrected chi connectivity index (χ4v) is 2.01. The van der Waals surface area contributed by atoms with Crippen LogP contribution in [0.15, 0.2) is 41.3 Å². The van der Waals surface area contributed by atoms with Crippen LogP contribution in [0.4, 0.5) is 0 Å². The molecule has 0 spiro atoms. The van der Waals surface area contributed by atoms with Gasteiger partial charge >= 0.3 is 5.97 Å². The van der Waals surface area contributed by atoms with Gasteiger partial charge in [0.05, 0.1) is 25.6 Å². The number of carbonyl (C=O) groups is 1. The van der Waals surface area contributed by atoms with Gasteiger partial charge in [-0.2, -0.15) is 0 Å². The van der Waals surface area contributed by atoms with Gasteiger partial charge in [-0.05, 0) is 18.6 Å². The lowest BCUT2D eigenvalue weighted by molar-refractivity contribution is -0.139. The van der Waals surface area contributed by atoms with Crippen LogP contribution in [0, 0.1) is 6.92 Å². The highest BCUT2D eigenvalue weighted by Gasteiger charge is 2.14. The summed E-state index contributed by atoms with van der Waals surface area (Å²) >= 11 is 0. The van der Waals surface area contributed by atoms with E-state index in [0.29, 0.717) is 6.54 Å². The van der Waals surface area contributed by atoms with Crippen molar-refractivity contribution < 1.29 is 14.6 Å². The minimum Gasteiger partial charge on any atom is -0.507 e. The van der Waals surface area contributed by atoms with Crippen molar-refractivity contribution in [2.75, 3.05) is 7.11 Å². The third kappa shape index (κ3) is 3.51. The lowest BCUT2D eigenvalue weighted by Crippen LogP contribution is -2.25. The minimum atomic E-state index is -0.560. The maximum atomic E-state index is 12.3. The number of carbonyl (C=O) groups excluding carboxylic acids is 1.